The largest absolute Gasteiger partial charge is 0.394 e. The lowest BCUT2D eigenvalue weighted by molar-refractivity contribution is -0.408. The van der Waals surface area contributed by atoms with Gasteiger partial charge in [0.05, 0.1) is 58.0 Å². The SMILES string of the molecule is C[C@@H]1CC[C@@]2(OC1)O[C@H]1C[C@H]3[C@@H]4CC[C@H]5C[C@@H](O[C@@H]6O[C@H](CO)[C@H](O[C@@H]7O[C@H](CO)[C@@H](O)[C@H](O[C@@H]8OC[C@@H](O)[C@H](O)[C@H]8O)[C@H]7O[C@@H]7O[C@H](CO)[C@@H](O[C@@H]8OC[C@H](O)[C@H](O)[C@H]8O)[C@H](O)[C@H]7O)[C@H](O)[C@H]6O)[C@H](O)C[C@]5(C)[C@H]4CC[C@]3(C)[C@H]1[C@@H]2C. The van der Waals surface area contributed by atoms with Crippen LogP contribution in [0.1, 0.15) is 85.5 Å². The normalized spacial score (nSPS) is 57.9. The zero-order chi connectivity index (χ0) is 58.6. The van der Waals surface area contributed by atoms with Crippen molar-refractivity contribution in [3.63, 3.8) is 0 Å². The summed E-state index contributed by atoms with van der Waals surface area (Å²) >= 11 is 0. The molecule has 0 unspecified atom stereocenters. The summed E-state index contributed by atoms with van der Waals surface area (Å²) in [5.74, 6) is 2.17. The maximum absolute atomic E-state index is 12.0. The first-order chi connectivity index (χ1) is 39.0. The van der Waals surface area contributed by atoms with Crippen molar-refractivity contribution in [3.8, 4) is 0 Å². The quantitative estimate of drug-likeness (QED) is 0.0769. The molecule has 4 saturated carbocycles. The maximum atomic E-state index is 12.0. The Kier molecular flexibility index (Phi) is 18.6. The van der Waals surface area contributed by atoms with Crippen LogP contribution in [0.3, 0.4) is 0 Å². The van der Waals surface area contributed by atoms with Gasteiger partial charge in [-0.3, -0.25) is 0 Å². The summed E-state index contributed by atoms with van der Waals surface area (Å²) in [5, 5.41) is 165. The van der Waals surface area contributed by atoms with E-state index in [-0.39, 0.29) is 22.9 Å². The van der Waals surface area contributed by atoms with Gasteiger partial charge < -0.3 is 133 Å². The van der Waals surface area contributed by atoms with Crippen LogP contribution >= 0.6 is 0 Å². The molecule has 11 fully saturated rings. The van der Waals surface area contributed by atoms with Crippen LogP contribution in [0.25, 0.3) is 0 Å². The second-order valence-corrected chi connectivity index (χ2v) is 26.4. The Balaban J connectivity index is 0.779. The molecule has 0 aromatic carbocycles. The van der Waals surface area contributed by atoms with E-state index in [0.29, 0.717) is 48.3 Å². The number of fused-ring (bicyclic) bond motifs is 7. The molecule has 27 nitrogen and oxygen atoms in total. The Hall–Kier alpha value is -1.08. The predicted molar refractivity (Wildman–Crippen MR) is 270 cm³/mol. The molecule has 0 bridgehead atoms. The fraction of sp³-hybridized carbons (Fsp3) is 1.00. The smallest absolute Gasteiger partial charge is 0.187 e. The highest BCUT2D eigenvalue weighted by Crippen LogP contribution is 2.71. The molecule has 0 aromatic rings. The number of hydrogen-bond donors (Lipinski definition) is 15. The van der Waals surface area contributed by atoms with Crippen LogP contribution in [0.4, 0.5) is 0 Å². The molecule has 0 amide bonds. The Morgan fingerprint density at radius 1 is 0.463 bits per heavy atom. The van der Waals surface area contributed by atoms with E-state index < -0.39 is 192 Å². The standard InChI is InChI=1S/C55H90O27/c1-20-7-10-55(73-17-20)21(2)34-30(82-55)12-25-23-6-5-22-11-29(26(59)13-54(22,4)24(23)8-9-53(25,34)3)74-50-42(69)38(65)45(33(16-58)76-50)79-52-47(46(37(64)31(14-56)75-52)80-49-41(68)36(63)28(61)19-72-49)81-51-43(70)39(66)44(32(15-57)77-51)78-48-40(67)35(62)27(60)18-71-48/h20-52,56-70H,5-19H2,1-4H3/t20-,21+,22+,23-,24+,25+,26-,27+,28-,29-,30+,31-,32-,33-,34+,35+,36+,37-,38-,39-,40-,41-,42-,43-,44-,45+,46+,47-,48+,49+,50-,51+,52+,53+,54+,55-/m1/s1. The summed E-state index contributed by atoms with van der Waals surface area (Å²) in [4.78, 5) is 0. The molecule has 4 aliphatic carbocycles. The summed E-state index contributed by atoms with van der Waals surface area (Å²) < 4.78 is 72.8. The third-order valence-electron chi connectivity index (χ3n) is 21.7. The average molecular weight is 1180 g/mol. The van der Waals surface area contributed by atoms with Crippen molar-refractivity contribution in [2.45, 2.75) is 251 Å². The molecule has 7 heterocycles. The lowest BCUT2D eigenvalue weighted by Crippen LogP contribution is -2.69. The second kappa shape index (κ2) is 24.4. The predicted octanol–water partition coefficient (Wildman–Crippen LogP) is -4.84. The van der Waals surface area contributed by atoms with E-state index in [1.807, 2.05) is 0 Å². The Labute approximate surface area is 475 Å². The van der Waals surface area contributed by atoms with Gasteiger partial charge in [0.2, 0.25) is 0 Å². The van der Waals surface area contributed by atoms with Gasteiger partial charge >= 0.3 is 0 Å². The van der Waals surface area contributed by atoms with Gasteiger partial charge in [0.15, 0.2) is 37.2 Å². The van der Waals surface area contributed by atoms with Crippen molar-refractivity contribution >= 4 is 0 Å². The molecule has 11 rings (SSSR count). The van der Waals surface area contributed by atoms with Gasteiger partial charge in [0.1, 0.15) is 110 Å². The van der Waals surface area contributed by atoms with Crippen molar-refractivity contribution in [2.24, 2.45) is 52.3 Å². The summed E-state index contributed by atoms with van der Waals surface area (Å²) in [6.45, 7) is 6.24. The van der Waals surface area contributed by atoms with Crippen molar-refractivity contribution < 1.29 is 133 Å². The molecule has 15 N–H and O–H groups in total. The summed E-state index contributed by atoms with van der Waals surface area (Å²) in [7, 11) is 0. The van der Waals surface area contributed by atoms with E-state index in [4.69, 9.17) is 56.8 Å². The monoisotopic (exact) mass is 1180 g/mol. The number of hydrogen-bond acceptors (Lipinski definition) is 27. The van der Waals surface area contributed by atoms with E-state index in [1.54, 1.807) is 0 Å². The molecular formula is C55H90O27. The first-order valence-corrected chi connectivity index (χ1v) is 29.7. The number of rotatable bonds is 13. The first kappa shape index (κ1) is 62.5. The van der Waals surface area contributed by atoms with Gasteiger partial charge in [0.25, 0.3) is 0 Å². The van der Waals surface area contributed by atoms with E-state index >= 15 is 0 Å². The van der Waals surface area contributed by atoms with E-state index in [2.05, 4.69) is 27.7 Å². The topological polar surface area (TPSA) is 414 Å². The van der Waals surface area contributed by atoms with E-state index in [1.165, 1.54) is 0 Å². The minimum absolute atomic E-state index is 0.109. The van der Waals surface area contributed by atoms with E-state index in [9.17, 15) is 76.6 Å². The minimum Gasteiger partial charge on any atom is -0.394 e. The molecule has 7 saturated heterocycles. The van der Waals surface area contributed by atoms with Crippen molar-refractivity contribution in [3.05, 3.63) is 0 Å². The van der Waals surface area contributed by atoms with Crippen LogP contribution in [0, 0.1) is 52.3 Å². The second-order valence-electron chi connectivity index (χ2n) is 26.4. The van der Waals surface area contributed by atoms with Crippen molar-refractivity contribution in [1.82, 2.24) is 0 Å². The van der Waals surface area contributed by atoms with Gasteiger partial charge in [0, 0.05) is 12.3 Å². The molecule has 82 heavy (non-hydrogen) atoms. The summed E-state index contributed by atoms with van der Waals surface area (Å²) in [6, 6.07) is 0. The highest BCUT2D eigenvalue weighted by molar-refractivity contribution is 5.16. The molecule has 472 valence electrons. The molecule has 36 atom stereocenters. The molecule has 27 heteroatoms. The number of aliphatic hydroxyl groups excluding tert-OH is 15. The third-order valence-corrected chi connectivity index (χ3v) is 21.7. The average Bonchev–Trinajstić information content (AvgIpc) is 3.94. The highest BCUT2D eigenvalue weighted by atomic mass is 16.8. The van der Waals surface area contributed by atoms with Crippen LogP contribution in [-0.2, 0) is 56.8 Å². The third kappa shape index (κ3) is 10.9. The van der Waals surface area contributed by atoms with Crippen molar-refractivity contribution in [1.29, 1.82) is 0 Å². The Bertz CT molecular complexity index is 2130. The zero-order valence-electron chi connectivity index (χ0n) is 46.8. The van der Waals surface area contributed by atoms with Gasteiger partial charge in [-0.15, -0.1) is 0 Å². The molecule has 0 radical (unpaired) electrons. The number of ether oxygens (including phenoxy) is 12. The van der Waals surface area contributed by atoms with Gasteiger partial charge in [-0.25, -0.2) is 0 Å². The lowest BCUT2D eigenvalue weighted by atomic mass is 9.44. The van der Waals surface area contributed by atoms with E-state index in [0.717, 1.165) is 51.6 Å². The zero-order valence-corrected chi connectivity index (χ0v) is 46.8. The van der Waals surface area contributed by atoms with Crippen molar-refractivity contribution in [2.75, 3.05) is 39.6 Å². The van der Waals surface area contributed by atoms with Crippen LogP contribution in [0.2, 0.25) is 0 Å². The van der Waals surface area contributed by atoms with Crippen LogP contribution in [0.15, 0.2) is 0 Å². The molecule has 7 aliphatic heterocycles. The minimum atomic E-state index is -2.15. The molecular weight excluding hydrogens is 1090 g/mol. The fourth-order valence-corrected chi connectivity index (χ4v) is 17.1. The molecule has 0 aromatic heterocycles. The van der Waals surface area contributed by atoms with Crippen LogP contribution in [-0.4, -0.2) is 282 Å². The van der Waals surface area contributed by atoms with Gasteiger partial charge in [-0.1, -0.05) is 27.7 Å². The molecule has 11 aliphatic rings. The maximum Gasteiger partial charge on any atom is 0.187 e. The Morgan fingerprint density at radius 3 is 1.57 bits per heavy atom. The first-order valence-electron chi connectivity index (χ1n) is 29.7. The van der Waals surface area contributed by atoms with Gasteiger partial charge in [-0.2, -0.15) is 0 Å². The van der Waals surface area contributed by atoms with Crippen LogP contribution < -0.4 is 0 Å². The fourth-order valence-electron chi connectivity index (χ4n) is 17.1. The number of aliphatic hydroxyl groups is 15. The highest BCUT2D eigenvalue weighted by Gasteiger charge is 2.70. The summed E-state index contributed by atoms with van der Waals surface area (Å²) in [5.41, 5.74) is -0.106. The molecule has 1 spiro atoms. The summed E-state index contributed by atoms with van der Waals surface area (Å²) in [6.07, 6.45) is -35.5. The lowest BCUT2D eigenvalue weighted by Gasteiger charge is -2.62. The van der Waals surface area contributed by atoms with Crippen LogP contribution in [0.5, 0.6) is 0 Å². The van der Waals surface area contributed by atoms with Gasteiger partial charge in [-0.05, 0) is 97.7 Å². The Morgan fingerprint density at radius 2 is 1.00 bits per heavy atom.